The first kappa shape index (κ1) is 19.4. The number of carbonyl (C=O) groups is 2. The maximum atomic E-state index is 12.6. The van der Waals surface area contributed by atoms with Gasteiger partial charge in [-0.15, -0.1) is 0 Å². The Balaban J connectivity index is 1.19. The number of piperidine rings is 1. The molecule has 2 aliphatic heterocycles. The number of ether oxygens (including phenoxy) is 1. The summed E-state index contributed by atoms with van der Waals surface area (Å²) >= 11 is 0. The van der Waals surface area contributed by atoms with E-state index in [0.717, 1.165) is 45.3 Å². The van der Waals surface area contributed by atoms with Gasteiger partial charge in [0.1, 0.15) is 0 Å². The van der Waals surface area contributed by atoms with Crippen molar-refractivity contribution >= 4 is 11.8 Å². The number of hydrogen-bond acceptors (Lipinski definition) is 4. The molecule has 0 bridgehead atoms. The van der Waals surface area contributed by atoms with Gasteiger partial charge < -0.3 is 15.0 Å². The van der Waals surface area contributed by atoms with Crippen molar-refractivity contribution in [1.82, 2.24) is 15.1 Å². The summed E-state index contributed by atoms with van der Waals surface area (Å²) in [6.07, 6.45) is 3.98. The Labute approximate surface area is 167 Å². The van der Waals surface area contributed by atoms with Crippen LogP contribution in [-0.4, -0.2) is 74.1 Å². The second-order valence-electron chi connectivity index (χ2n) is 8.41. The molecule has 0 atom stereocenters. The number of likely N-dealkylation sites (tertiary alicyclic amines) is 1. The van der Waals surface area contributed by atoms with E-state index in [2.05, 4.69) is 34.5 Å². The molecule has 1 N–H and O–H groups in total. The molecule has 2 heterocycles. The van der Waals surface area contributed by atoms with Gasteiger partial charge in [0.15, 0.2) is 0 Å². The molecule has 1 aromatic carbocycles. The van der Waals surface area contributed by atoms with E-state index in [4.69, 9.17) is 4.74 Å². The van der Waals surface area contributed by atoms with Crippen LogP contribution in [0.25, 0.3) is 0 Å². The lowest BCUT2D eigenvalue weighted by atomic mass is 9.95. The fraction of sp³-hybridized carbons (Fsp3) is 0.636. The van der Waals surface area contributed by atoms with Crippen LogP contribution >= 0.6 is 0 Å². The van der Waals surface area contributed by atoms with Crippen molar-refractivity contribution in [2.24, 2.45) is 5.92 Å². The molecule has 3 aliphatic rings. The van der Waals surface area contributed by atoms with E-state index in [9.17, 15) is 9.59 Å². The molecule has 1 aliphatic carbocycles. The van der Waals surface area contributed by atoms with Crippen LogP contribution in [0.5, 0.6) is 0 Å². The molecule has 1 saturated carbocycles. The van der Waals surface area contributed by atoms with Gasteiger partial charge in [-0.25, -0.2) is 0 Å². The van der Waals surface area contributed by atoms with Crippen LogP contribution in [0.15, 0.2) is 30.3 Å². The Kier molecular flexibility index (Phi) is 5.97. The number of amides is 2. The highest BCUT2D eigenvalue weighted by molar-refractivity contribution is 5.79. The second-order valence-corrected chi connectivity index (χ2v) is 8.41. The Bertz CT molecular complexity index is 676. The predicted octanol–water partition coefficient (Wildman–Crippen LogP) is 1.41. The third kappa shape index (κ3) is 4.55. The molecule has 152 valence electrons. The van der Waals surface area contributed by atoms with Gasteiger partial charge >= 0.3 is 0 Å². The highest BCUT2D eigenvalue weighted by atomic mass is 16.5. The minimum atomic E-state index is 0.0974. The lowest BCUT2D eigenvalue weighted by molar-refractivity contribution is -0.141. The Morgan fingerprint density at radius 1 is 1.04 bits per heavy atom. The van der Waals surface area contributed by atoms with Crippen molar-refractivity contribution in [2.45, 2.75) is 31.1 Å². The minimum absolute atomic E-state index is 0.0974. The van der Waals surface area contributed by atoms with Gasteiger partial charge in [-0.3, -0.25) is 14.5 Å². The summed E-state index contributed by atoms with van der Waals surface area (Å²) in [7, 11) is 0. The van der Waals surface area contributed by atoms with E-state index < -0.39 is 0 Å². The number of carbonyl (C=O) groups excluding carboxylic acids is 2. The van der Waals surface area contributed by atoms with Crippen LogP contribution in [-0.2, 0) is 19.7 Å². The SMILES string of the molecule is O=C(CN1CCC(C(=O)N2CCOCC2)CC1)NCC1(c2ccccc2)CC1. The molecule has 28 heavy (non-hydrogen) atoms. The maximum absolute atomic E-state index is 12.6. The number of benzene rings is 1. The van der Waals surface area contributed by atoms with Crippen LogP contribution in [0.1, 0.15) is 31.2 Å². The molecule has 0 radical (unpaired) electrons. The van der Waals surface area contributed by atoms with Gasteiger partial charge in [0, 0.05) is 31.0 Å². The van der Waals surface area contributed by atoms with Crippen molar-refractivity contribution in [1.29, 1.82) is 0 Å². The Morgan fingerprint density at radius 3 is 2.36 bits per heavy atom. The summed E-state index contributed by atoms with van der Waals surface area (Å²) in [5.41, 5.74) is 1.48. The highest BCUT2D eigenvalue weighted by Crippen LogP contribution is 2.47. The molecule has 1 aromatic rings. The summed E-state index contributed by atoms with van der Waals surface area (Å²) in [5.74, 6) is 0.469. The maximum Gasteiger partial charge on any atom is 0.234 e. The van der Waals surface area contributed by atoms with Crippen molar-refractivity contribution in [3.8, 4) is 0 Å². The third-order valence-corrected chi connectivity index (χ3v) is 6.49. The van der Waals surface area contributed by atoms with E-state index in [1.807, 2.05) is 11.0 Å². The van der Waals surface area contributed by atoms with E-state index in [-0.39, 0.29) is 23.1 Å². The van der Waals surface area contributed by atoms with Crippen LogP contribution in [0.2, 0.25) is 0 Å². The quantitative estimate of drug-likeness (QED) is 0.804. The molecule has 0 aromatic heterocycles. The minimum Gasteiger partial charge on any atom is -0.378 e. The van der Waals surface area contributed by atoms with Gasteiger partial charge in [0.25, 0.3) is 0 Å². The molecular formula is C22H31N3O3. The van der Waals surface area contributed by atoms with Crippen molar-refractivity contribution in [2.75, 3.05) is 52.5 Å². The van der Waals surface area contributed by atoms with Crippen molar-refractivity contribution in [3.05, 3.63) is 35.9 Å². The smallest absolute Gasteiger partial charge is 0.234 e. The zero-order chi connectivity index (χ0) is 19.4. The number of rotatable bonds is 6. The molecule has 4 rings (SSSR count). The van der Waals surface area contributed by atoms with E-state index >= 15 is 0 Å². The molecule has 0 unspecified atom stereocenters. The van der Waals surface area contributed by atoms with Gasteiger partial charge in [0.05, 0.1) is 19.8 Å². The van der Waals surface area contributed by atoms with Gasteiger partial charge in [0.2, 0.25) is 11.8 Å². The fourth-order valence-electron chi connectivity index (χ4n) is 4.42. The molecule has 6 heteroatoms. The molecule has 2 amide bonds. The Hall–Kier alpha value is -1.92. The number of morpholine rings is 1. The first-order chi connectivity index (χ1) is 13.7. The zero-order valence-electron chi connectivity index (χ0n) is 16.6. The van der Waals surface area contributed by atoms with Crippen LogP contribution in [0.3, 0.4) is 0 Å². The largest absolute Gasteiger partial charge is 0.378 e. The van der Waals surface area contributed by atoms with Gasteiger partial charge in [-0.2, -0.15) is 0 Å². The standard InChI is InChI=1S/C22H31N3O3/c26-20(23-17-22(8-9-22)19-4-2-1-3-5-19)16-24-10-6-18(7-11-24)21(27)25-12-14-28-15-13-25/h1-5,18H,6-17H2,(H,23,26). The van der Waals surface area contributed by atoms with E-state index in [1.165, 1.54) is 5.56 Å². The normalized spacial score (nSPS) is 22.6. The lowest BCUT2D eigenvalue weighted by Gasteiger charge is -2.35. The second kappa shape index (κ2) is 8.62. The summed E-state index contributed by atoms with van der Waals surface area (Å²) in [6.45, 7) is 5.51. The third-order valence-electron chi connectivity index (χ3n) is 6.49. The first-order valence-corrected chi connectivity index (χ1v) is 10.6. The topological polar surface area (TPSA) is 61.9 Å². The predicted molar refractivity (Wildman–Crippen MR) is 107 cm³/mol. The van der Waals surface area contributed by atoms with Crippen LogP contribution < -0.4 is 5.32 Å². The summed E-state index contributed by atoms with van der Waals surface area (Å²) in [5, 5.41) is 3.15. The number of hydrogen-bond donors (Lipinski definition) is 1. The van der Waals surface area contributed by atoms with Gasteiger partial charge in [-0.05, 0) is 44.3 Å². The molecule has 6 nitrogen and oxygen atoms in total. The number of nitrogens with zero attached hydrogens (tertiary/aromatic N) is 2. The highest BCUT2D eigenvalue weighted by Gasteiger charge is 2.44. The van der Waals surface area contributed by atoms with Crippen LogP contribution in [0, 0.1) is 5.92 Å². The van der Waals surface area contributed by atoms with Crippen molar-refractivity contribution < 1.29 is 14.3 Å². The Morgan fingerprint density at radius 2 is 1.71 bits per heavy atom. The van der Waals surface area contributed by atoms with Crippen LogP contribution in [0.4, 0.5) is 0 Å². The monoisotopic (exact) mass is 385 g/mol. The fourth-order valence-corrected chi connectivity index (χ4v) is 4.42. The lowest BCUT2D eigenvalue weighted by Crippen LogP contribution is -2.48. The summed E-state index contributed by atoms with van der Waals surface area (Å²) in [4.78, 5) is 29.2. The molecule has 0 spiro atoms. The molecule has 2 saturated heterocycles. The van der Waals surface area contributed by atoms with Gasteiger partial charge in [-0.1, -0.05) is 30.3 Å². The van der Waals surface area contributed by atoms with Crippen molar-refractivity contribution in [3.63, 3.8) is 0 Å². The summed E-state index contributed by atoms with van der Waals surface area (Å²) < 4.78 is 5.33. The molecular weight excluding hydrogens is 354 g/mol. The van der Waals surface area contributed by atoms with E-state index in [1.54, 1.807) is 0 Å². The average Bonchev–Trinajstić information content (AvgIpc) is 3.55. The molecule has 3 fully saturated rings. The zero-order valence-corrected chi connectivity index (χ0v) is 16.6. The number of nitrogens with one attached hydrogen (secondary N) is 1. The van der Waals surface area contributed by atoms with E-state index in [0.29, 0.717) is 32.8 Å². The summed E-state index contributed by atoms with van der Waals surface area (Å²) in [6, 6.07) is 10.5. The average molecular weight is 386 g/mol. The first-order valence-electron chi connectivity index (χ1n) is 10.6.